The molecule has 210 valence electrons. The van der Waals surface area contributed by atoms with Gasteiger partial charge in [0.2, 0.25) is 5.88 Å². The number of halogens is 2. The fraction of sp³-hybridized carbons (Fsp3) is 0.226. The number of ether oxygens (including phenoxy) is 4. The lowest BCUT2D eigenvalue weighted by atomic mass is 9.83. The van der Waals surface area contributed by atoms with Crippen molar-refractivity contribution in [3.05, 3.63) is 92.1 Å². The summed E-state index contributed by atoms with van der Waals surface area (Å²) in [6.07, 6.45) is 1.94. The Balaban J connectivity index is 1.47. The highest BCUT2D eigenvalue weighted by Gasteiger charge is 2.32. The van der Waals surface area contributed by atoms with E-state index in [0.29, 0.717) is 46.1 Å². The van der Waals surface area contributed by atoms with Crippen LogP contribution in [0.15, 0.2) is 66.1 Å². The molecule has 0 aliphatic carbocycles. The summed E-state index contributed by atoms with van der Waals surface area (Å²) >= 11 is 13.8. The molecular formula is C31H26Cl2N2O5S. The molecule has 0 amide bonds. The quantitative estimate of drug-likeness (QED) is 0.116. The molecule has 0 radical (unpaired) electrons. The van der Waals surface area contributed by atoms with Crippen LogP contribution in [0, 0.1) is 11.3 Å². The lowest BCUT2D eigenvalue weighted by Crippen LogP contribution is -2.21. The van der Waals surface area contributed by atoms with Gasteiger partial charge in [-0.05, 0) is 49.2 Å². The SMILES string of the molecule is CCCCOc1ccc(C2C(C#N)=C(N)Oc3cc(OC(=O)c4sc5cc(Cl)ccc5c4Cl)ccc32)cc1OCC. The van der Waals surface area contributed by atoms with Crippen molar-refractivity contribution in [2.75, 3.05) is 13.2 Å². The molecule has 0 saturated heterocycles. The summed E-state index contributed by atoms with van der Waals surface area (Å²) in [5, 5.41) is 11.6. The van der Waals surface area contributed by atoms with Crippen LogP contribution in [0.4, 0.5) is 0 Å². The number of carbonyl (C=O) groups excluding carboxylic acids is 1. The van der Waals surface area contributed by atoms with Crippen LogP contribution < -0.4 is 24.7 Å². The Labute approximate surface area is 251 Å². The molecular weight excluding hydrogens is 583 g/mol. The Morgan fingerprint density at radius 2 is 1.90 bits per heavy atom. The Bertz CT molecular complexity index is 1710. The normalized spacial score (nSPS) is 14.3. The zero-order chi connectivity index (χ0) is 29.1. The lowest BCUT2D eigenvalue weighted by Gasteiger charge is -2.27. The van der Waals surface area contributed by atoms with Gasteiger partial charge in [0, 0.05) is 26.7 Å². The van der Waals surface area contributed by atoms with E-state index in [9.17, 15) is 10.1 Å². The largest absolute Gasteiger partial charge is 0.490 e. The number of nitriles is 1. The fourth-order valence-electron chi connectivity index (χ4n) is 4.58. The molecule has 1 unspecified atom stereocenters. The van der Waals surface area contributed by atoms with Gasteiger partial charge in [-0.25, -0.2) is 4.79 Å². The van der Waals surface area contributed by atoms with Crippen molar-refractivity contribution in [3.63, 3.8) is 0 Å². The van der Waals surface area contributed by atoms with E-state index in [0.717, 1.165) is 28.5 Å². The number of thiophene rings is 1. The topological polar surface area (TPSA) is 104 Å². The summed E-state index contributed by atoms with van der Waals surface area (Å²) in [5.41, 5.74) is 7.93. The average Bonchev–Trinajstić information content (AvgIpc) is 3.28. The number of allylic oxidation sites excluding steroid dienone is 1. The minimum absolute atomic E-state index is 0.0286. The van der Waals surface area contributed by atoms with E-state index >= 15 is 0 Å². The highest BCUT2D eigenvalue weighted by Crippen LogP contribution is 2.45. The standard InChI is InChI=1S/C31H26Cl2N2O5S/c1-3-5-12-38-23-11-6-17(13-25(23)37-4-2)27-20-10-8-19(15-24(20)40-30(35)22(27)16-34)39-31(36)29-28(33)21-9-7-18(32)14-26(21)41-29/h6-11,13-15,27H,3-5,12,35H2,1-2H3. The van der Waals surface area contributed by atoms with Crippen molar-refractivity contribution >= 4 is 50.6 Å². The maximum Gasteiger partial charge on any atom is 0.355 e. The zero-order valence-corrected chi connectivity index (χ0v) is 24.7. The van der Waals surface area contributed by atoms with Crippen LogP contribution in [0.5, 0.6) is 23.0 Å². The summed E-state index contributed by atoms with van der Waals surface area (Å²) in [5.74, 6) is 0.654. The number of benzene rings is 3. The van der Waals surface area contributed by atoms with Crippen LogP contribution >= 0.6 is 34.5 Å². The zero-order valence-electron chi connectivity index (χ0n) is 22.3. The molecule has 0 saturated carbocycles. The van der Waals surface area contributed by atoms with Gasteiger partial charge in [0.25, 0.3) is 0 Å². The van der Waals surface area contributed by atoms with Gasteiger partial charge in [-0.3, -0.25) is 0 Å². The first-order valence-corrected chi connectivity index (χ1v) is 14.6. The van der Waals surface area contributed by atoms with E-state index in [4.69, 9.17) is 47.9 Å². The van der Waals surface area contributed by atoms with E-state index in [2.05, 4.69) is 13.0 Å². The first-order chi connectivity index (χ1) is 19.8. The molecule has 5 rings (SSSR count). The molecule has 0 fully saturated rings. The fourth-order valence-corrected chi connectivity index (χ4v) is 6.24. The minimum atomic E-state index is -0.610. The number of nitrogens with two attached hydrogens (primary N) is 1. The number of hydrogen-bond donors (Lipinski definition) is 1. The Morgan fingerprint density at radius 1 is 1.07 bits per heavy atom. The number of carbonyl (C=O) groups is 1. The summed E-state index contributed by atoms with van der Waals surface area (Å²) in [6.45, 7) is 5.02. The second kappa shape index (κ2) is 12.3. The lowest BCUT2D eigenvalue weighted by molar-refractivity contribution is 0.0740. The summed E-state index contributed by atoms with van der Waals surface area (Å²) in [4.78, 5) is 13.3. The van der Waals surface area contributed by atoms with E-state index in [1.807, 2.05) is 25.1 Å². The molecule has 1 aliphatic rings. The van der Waals surface area contributed by atoms with Crippen LogP contribution in [0.1, 0.15) is 53.4 Å². The van der Waals surface area contributed by atoms with Crippen molar-refractivity contribution < 1.29 is 23.7 Å². The van der Waals surface area contributed by atoms with E-state index in [1.54, 1.807) is 36.4 Å². The Hall–Kier alpha value is -3.90. The van der Waals surface area contributed by atoms with Crippen molar-refractivity contribution in [2.24, 2.45) is 5.73 Å². The number of nitrogens with zero attached hydrogens (tertiary/aromatic N) is 1. The third-order valence-electron chi connectivity index (χ3n) is 6.53. The summed E-state index contributed by atoms with van der Waals surface area (Å²) < 4.78 is 24.0. The Kier molecular flexibility index (Phi) is 8.60. The number of unbranched alkanes of at least 4 members (excludes halogenated alkanes) is 1. The number of rotatable bonds is 9. The van der Waals surface area contributed by atoms with Gasteiger partial charge in [0.1, 0.15) is 28.0 Å². The average molecular weight is 610 g/mol. The second-order valence-corrected chi connectivity index (χ2v) is 11.1. The molecule has 41 heavy (non-hydrogen) atoms. The van der Waals surface area contributed by atoms with Crippen LogP contribution in [0.25, 0.3) is 10.1 Å². The molecule has 1 aromatic heterocycles. The van der Waals surface area contributed by atoms with Crippen molar-refractivity contribution in [3.8, 4) is 29.1 Å². The molecule has 4 aromatic rings. The van der Waals surface area contributed by atoms with Gasteiger partial charge >= 0.3 is 5.97 Å². The predicted molar refractivity (Wildman–Crippen MR) is 161 cm³/mol. The maximum atomic E-state index is 13.1. The van der Waals surface area contributed by atoms with Crippen molar-refractivity contribution in [1.29, 1.82) is 5.26 Å². The minimum Gasteiger partial charge on any atom is -0.490 e. The number of esters is 1. The van der Waals surface area contributed by atoms with Crippen molar-refractivity contribution in [2.45, 2.75) is 32.6 Å². The van der Waals surface area contributed by atoms with Crippen LogP contribution in [0.3, 0.4) is 0 Å². The molecule has 0 bridgehead atoms. The first-order valence-electron chi connectivity index (χ1n) is 13.0. The van der Waals surface area contributed by atoms with Gasteiger partial charge < -0.3 is 24.7 Å². The molecule has 3 aromatic carbocycles. The van der Waals surface area contributed by atoms with Gasteiger partial charge in [-0.2, -0.15) is 5.26 Å². The molecule has 1 aliphatic heterocycles. The van der Waals surface area contributed by atoms with E-state index in [-0.39, 0.29) is 22.1 Å². The molecule has 7 nitrogen and oxygen atoms in total. The van der Waals surface area contributed by atoms with Gasteiger partial charge in [0.15, 0.2) is 11.5 Å². The van der Waals surface area contributed by atoms with Gasteiger partial charge in [0.05, 0.1) is 24.2 Å². The summed E-state index contributed by atoms with van der Waals surface area (Å²) in [6, 6.07) is 18.0. The van der Waals surface area contributed by atoms with Crippen LogP contribution in [0.2, 0.25) is 10.0 Å². The number of hydrogen-bond acceptors (Lipinski definition) is 8. The third kappa shape index (κ3) is 5.80. The van der Waals surface area contributed by atoms with E-state index < -0.39 is 11.9 Å². The smallest absolute Gasteiger partial charge is 0.355 e. The molecule has 2 N–H and O–H groups in total. The highest BCUT2D eigenvalue weighted by molar-refractivity contribution is 7.21. The molecule has 10 heteroatoms. The molecule has 0 spiro atoms. The molecule has 1 atom stereocenters. The predicted octanol–water partition coefficient (Wildman–Crippen LogP) is 8.22. The first kappa shape index (κ1) is 28.6. The highest BCUT2D eigenvalue weighted by atomic mass is 35.5. The van der Waals surface area contributed by atoms with Gasteiger partial charge in [-0.1, -0.05) is 54.7 Å². The third-order valence-corrected chi connectivity index (χ3v) is 8.41. The number of fused-ring (bicyclic) bond motifs is 2. The van der Waals surface area contributed by atoms with Gasteiger partial charge in [-0.15, -0.1) is 11.3 Å². The van der Waals surface area contributed by atoms with Crippen LogP contribution in [-0.2, 0) is 0 Å². The monoisotopic (exact) mass is 608 g/mol. The second-order valence-electron chi connectivity index (χ2n) is 9.24. The van der Waals surface area contributed by atoms with E-state index in [1.165, 1.54) is 11.3 Å². The summed E-state index contributed by atoms with van der Waals surface area (Å²) in [7, 11) is 0. The maximum absolute atomic E-state index is 13.1. The van der Waals surface area contributed by atoms with Crippen LogP contribution in [-0.4, -0.2) is 19.2 Å². The molecule has 2 heterocycles. The van der Waals surface area contributed by atoms with Crippen molar-refractivity contribution in [1.82, 2.24) is 0 Å². The Morgan fingerprint density at radius 3 is 2.66 bits per heavy atom.